The lowest BCUT2D eigenvalue weighted by atomic mass is 9.72. The van der Waals surface area contributed by atoms with E-state index in [0.29, 0.717) is 35.1 Å². The van der Waals surface area contributed by atoms with E-state index in [-0.39, 0.29) is 61.4 Å². The number of allylic oxidation sites excluding steroid dienone is 1. The third-order valence-corrected chi connectivity index (χ3v) is 9.11. The number of imide groups is 1. The van der Waals surface area contributed by atoms with Crippen molar-refractivity contribution in [1.82, 2.24) is 15.1 Å². The molecule has 9 nitrogen and oxygen atoms in total. The van der Waals surface area contributed by atoms with Crippen LogP contribution in [0.5, 0.6) is 0 Å². The maximum atomic E-state index is 13.6. The van der Waals surface area contributed by atoms with Crippen molar-refractivity contribution in [3.63, 3.8) is 0 Å². The van der Waals surface area contributed by atoms with Gasteiger partial charge in [0, 0.05) is 24.1 Å². The molecule has 4 aliphatic rings. The first kappa shape index (κ1) is 28.2. The summed E-state index contributed by atoms with van der Waals surface area (Å²) in [6, 6.07) is 10.2. The summed E-state index contributed by atoms with van der Waals surface area (Å²) < 4.78 is 13.6. The summed E-state index contributed by atoms with van der Waals surface area (Å²) in [4.78, 5) is 53.4. The number of nitrogens with zero attached hydrogens (tertiary/aromatic N) is 2. The molecule has 42 heavy (non-hydrogen) atoms. The molecule has 0 saturated carbocycles. The third-order valence-electron chi connectivity index (χ3n) is 9.11. The minimum atomic E-state index is -1.57. The van der Waals surface area contributed by atoms with Crippen molar-refractivity contribution in [3.05, 3.63) is 76.1 Å². The number of carbonyl (C=O) groups is 4. The third kappa shape index (κ3) is 4.92. The summed E-state index contributed by atoms with van der Waals surface area (Å²) in [5, 5.41) is 24.8. The number of carbonyl (C=O) groups excluding carboxylic acids is 4. The van der Waals surface area contributed by atoms with Crippen LogP contribution in [0.15, 0.2) is 48.0 Å². The van der Waals surface area contributed by atoms with Crippen molar-refractivity contribution in [3.8, 4) is 0 Å². The standard InChI is InChI=1S/C32H34FN3O6/c1-31(2)12-11-23(24(14-31)18-3-6-21(33)7-4-18)29(40)35-16-32(42,17-35)27(38)19-5-8-22-20(13-19)15-36(30(22)41)25-9-10-26(37)34-28(25)39/h3-8,13,25,27,38,42H,9-12,14-17H2,1-2H3,(H,34,37,39). The minimum absolute atomic E-state index is 0.0118. The topological polar surface area (TPSA) is 127 Å². The van der Waals surface area contributed by atoms with E-state index in [0.717, 1.165) is 17.6 Å². The van der Waals surface area contributed by atoms with Gasteiger partial charge in [-0.1, -0.05) is 38.1 Å². The molecule has 220 valence electrons. The molecule has 6 rings (SSSR count). The van der Waals surface area contributed by atoms with E-state index < -0.39 is 23.7 Å². The van der Waals surface area contributed by atoms with Gasteiger partial charge in [-0.2, -0.15) is 0 Å². The van der Waals surface area contributed by atoms with Gasteiger partial charge in [-0.25, -0.2) is 4.39 Å². The Morgan fingerprint density at radius 2 is 1.79 bits per heavy atom. The van der Waals surface area contributed by atoms with Gasteiger partial charge in [0.05, 0.1) is 13.1 Å². The predicted octanol–water partition coefficient (Wildman–Crippen LogP) is 2.86. The van der Waals surface area contributed by atoms with Crippen LogP contribution < -0.4 is 5.32 Å². The average Bonchev–Trinajstić information content (AvgIpc) is 3.25. The molecule has 10 heteroatoms. The number of amides is 4. The number of benzene rings is 2. The zero-order chi connectivity index (χ0) is 30.0. The normalized spacial score (nSPS) is 23.8. The highest BCUT2D eigenvalue weighted by atomic mass is 19.1. The van der Waals surface area contributed by atoms with Crippen molar-refractivity contribution < 1.29 is 33.8 Å². The Kier molecular flexibility index (Phi) is 6.81. The molecule has 2 aromatic rings. The number of hydrogen-bond acceptors (Lipinski definition) is 6. The highest BCUT2D eigenvalue weighted by Crippen LogP contribution is 2.45. The van der Waals surface area contributed by atoms with Crippen molar-refractivity contribution in [2.45, 2.75) is 70.2 Å². The molecule has 3 aliphatic heterocycles. The van der Waals surface area contributed by atoms with E-state index in [1.54, 1.807) is 30.3 Å². The smallest absolute Gasteiger partial charge is 0.255 e. The zero-order valence-corrected chi connectivity index (χ0v) is 23.7. The van der Waals surface area contributed by atoms with Crippen LogP contribution in [0.4, 0.5) is 4.39 Å². The largest absolute Gasteiger partial charge is 0.385 e. The van der Waals surface area contributed by atoms with Gasteiger partial charge in [0.15, 0.2) is 0 Å². The summed E-state index contributed by atoms with van der Waals surface area (Å²) in [6.07, 6.45) is 1.16. The van der Waals surface area contributed by atoms with Crippen LogP contribution in [-0.4, -0.2) is 68.4 Å². The summed E-state index contributed by atoms with van der Waals surface area (Å²) in [6.45, 7) is 4.32. The summed E-state index contributed by atoms with van der Waals surface area (Å²) in [5.74, 6) is -1.71. The van der Waals surface area contributed by atoms with E-state index in [1.807, 2.05) is 0 Å². The number of aliphatic hydroxyl groups excluding tert-OH is 1. The van der Waals surface area contributed by atoms with Crippen molar-refractivity contribution in [2.75, 3.05) is 13.1 Å². The molecule has 2 aromatic carbocycles. The Balaban J connectivity index is 1.17. The Hall–Kier alpha value is -3.89. The lowest BCUT2D eigenvalue weighted by Gasteiger charge is -2.49. The van der Waals surface area contributed by atoms with Gasteiger partial charge >= 0.3 is 0 Å². The highest BCUT2D eigenvalue weighted by Gasteiger charge is 2.51. The molecular weight excluding hydrogens is 541 g/mol. The van der Waals surface area contributed by atoms with E-state index in [1.165, 1.54) is 21.9 Å². The van der Waals surface area contributed by atoms with Gasteiger partial charge in [0.1, 0.15) is 23.6 Å². The Morgan fingerprint density at radius 1 is 1.07 bits per heavy atom. The van der Waals surface area contributed by atoms with Gasteiger partial charge < -0.3 is 20.0 Å². The molecule has 2 fully saturated rings. The first-order valence-corrected chi connectivity index (χ1v) is 14.3. The second kappa shape index (κ2) is 10.1. The van der Waals surface area contributed by atoms with Gasteiger partial charge in [-0.05, 0) is 71.6 Å². The van der Waals surface area contributed by atoms with Gasteiger partial charge in [0.2, 0.25) is 17.7 Å². The van der Waals surface area contributed by atoms with E-state index in [4.69, 9.17) is 0 Å². The molecule has 0 radical (unpaired) electrons. The van der Waals surface area contributed by atoms with Crippen LogP contribution in [0.25, 0.3) is 5.57 Å². The van der Waals surface area contributed by atoms with E-state index in [2.05, 4.69) is 19.2 Å². The molecule has 2 unspecified atom stereocenters. The van der Waals surface area contributed by atoms with Crippen LogP contribution in [0, 0.1) is 11.2 Å². The number of nitrogens with one attached hydrogen (secondary N) is 1. The van der Waals surface area contributed by atoms with Crippen molar-refractivity contribution in [1.29, 1.82) is 0 Å². The molecule has 0 bridgehead atoms. The SMILES string of the molecule is CC1(C)CCC(C(=O)N2CC(O)(C(O)c3ccc4c(c3)CN(C3CCC(=O)NC3=O)C4=O)C2)=C(c2ccc(F)cc2)C1. The second-order valence-corrected chi connectivity index (χ2v) is 12.8. The average molecular weight is 576 g/mol. The quantitative estimate of drug-likeness (QED) is 0.471. The van der Waals surface area contributed by atoms with Gasteiger partial charge in [-0.15, -0.1) is 0 Å². The molecule has 0 spiro atoms. The number of fused-ring (bicyclic) bond motifs is 1. The van der Waals surface area contributed by atoms with E-state index >= 15 is 0 Å². The summed E-state index contributed by atoms with van der Waals surface area (Å²) >= 11 is 0. The number of aliphatic hydroxyl groups is 2. The maximum absolute atomic E-state index is 13.6. The Labute approximate surface area is 243 Å². The predicted molar refractivity (Wildman–Crippen MR) is 150 cm³/mol. The first-order valence-electron chi connectivity index (χ1n) is 14.3. The molecule has 1 aliphatic carbocycles. The van der Waals surface area contributed by atoms with Crippen LogP contribution >= 0.6 is 0 Å². The number of likely N-dealkylation sites (tertiary alicyclic amines) is 1. The van der Waals surface area contributed by atoms with Crippen LogP contribution in [-0.2, 0) is 20.9 Å². The van der Waals surface area contributed by atoms with E-state index in [9.17, 15) is 33.8 Å². The number of halogens is 1. The molecule has 2 atom stereocenters. The lowest BCUT2D eigenvalue weighted by molar-refractivity contribution is -0.178. The number of piperidine rings is 1. The van der Waals surface area contributed by atoms with Crippen LogP contribution in [0.2, 0.25) is 0 Å². The second-order valence-electron chi connectivity index (χ2n) is 12.8. The number of rotatable bonds is 5. The number of β-amino-alcohol motifs (C(OH)–C–C–N with tert-alkyl or cyclic N) is 1. The van der Waals surface area contributed by atoms with Crippen molar-refractivity contribution >= 4 is 29.2 Å². The lowest BCUT2D eigenvalue weighted by Crippen LogP contribution is -2.66. The Morgan fingerprint density at radius 3 is 2.48 bits per heavy atom. The first-order chi connectivity index (χ1) is 19.8. The fourth-order valence-electron chi connectivity index (χ4n) is 6.65. The maximum Gasteiger partial charge on any atom is 0.255 e. The molecule has 4 amide bonds. The van der Waals surface area contributed by atoms with Crippen molar-refractivity contribution in [2.24, 2.45) is 5.41 Å². The summed E-state index contributed by atoms with van der Waals surface area (Å²) in [7, 11) is 0. The van der Waals surface area contributed by atoms with Gasteiger partial charge in [-0.3, -0.25) is 24.5 Å². The molecule has 3 N–H and O–H groups in total. The number of hydrogen-bond donors (Lipinski definition) is 3. The van der Waals surface area contributed by atoms with Crippen LogP contribution in [0.1, 0.15) is 79.1 Å². The molecular formula is C32H34FN3O6. The molecule has 3 heterocycles. The zero-order valence-electron chi connectivity index (χ0n) is 23.7. The summed E-state index contributed by atoms with van der Waals surface area (Å²) in [5.41, 5.74) is 2.21. The molecule has 0 aromatic heterocycles. The minimum Gasteiger partial charge on any atom is -0.385 e. The monoisotopic (exact) mass is 575 g/mol. The Bertz CT molecular complexity index is 1530. The fraction of sp³-hybridized carbons (Fsp3) is 0.438. The molecule has 2 saturated heterocycles. The fourth-order valence-corrected chi connectivity index (χ4v) is 6.65. The van der Waals surface area contributed by atoms with Gasteiger partial charge in [0.25, 0.3) is 5.91 Å². The van der Waals surface area contributed by atoms with Crippen LogP contribution in [0.3, 0.4) is 0 Å². The highest BCUT2D eigenvalue weighted by molar-refractivity contribution is 6.05.